The molecule has 1 rings (SSSR count). The predicted molar refractivity (Wildman–Crippen MR) is 56.6 cm³/mol. The number of benzene rings is 1. The molecule has 1 aromatic carbocycles. The van der Waals surface area contributed by atoms with Gasteiger partial charge in [0, 0.05) is 16.6 Å². The highest BCUT2D eigenvalue weighted by atomic mass is 35.5. The van der Waals surface area contributed by atoms with Crippen molar-refractivity contribution in [2.24, 2.45) is 5.73 Å². The zero-order valence-corrected chi connectivity index (χ0v) is 8.79. The monoisotopic (exact) mass is 215 g/mol. The maximum absolute atomic E-state index is 8.63. The minimum atomic E-state index is -0.137. The van der Waals surface area contributed by atoms with E-state index in [1.54, 1.807) is 18.2 Å². The first kappa shape index (κ1) is 11.3. The van der Waals surface area contributed by atoms with Crippen LogP contribution in [0.5, 0.6) is 5.75 Å². The third-order valence-electron chi connectivity index (χ3n) is 1.81. The molecule has 0 aliphatic rings. The maximum atomic E-state index is 8.63. The minimum absolute atomic E-state index is 0.0129. The molecule has 14 heavy (non-hydrogen) atoms. The van der Waals surface area contributed by atoms with Crippen LogP contribution in [0.1, 0.15) is 18.5 Å². The molecule has 78 valence electrons. The summed E-state index contributed by atoms with van der Waals surface area (Å²) in [6.45, 7) is 2.11. The van der Waals surface area contributed by atoms with Gasteiger partial charge in [-0.1, -0.05) is 11.6 Å². The second-order valence-corrected chi connectivity index (χ2v) is 3.48. The maximum Gasteiger partial charge on any atom is 0.124 e. The van der Waals surface area contributed by atoms with E-state index in [2.05, 4.69) is 0 Å². The number of hydrogen-bond donors (Lipinski definition) is 2. The highest BCUT2D eigenvalue weighted by Crippen LogP contribution is 2.26. The standard InChI is InChI=1S/C10H14ClNO2/c1-7(12)9-6-8(11)2-3-10(9)14-5-4-13/h2-3,6-7,13H,4-5,12H2,1H3. The first-order valence-electron chi connectivity index (χ1n) is 4.44. The molecule has 0 amide bonds. The summed E-state index contributed by atoms with van der Waals surface area (Å²) in [5.41, 5.74) is 6.61. The fourth-order valence-corrected chi connectivity index (χ4v) is 1.34. The normalized spacial score (nSPS) is 12.6. The number of ether oxygens (including phenoxy) is 1. The summed E-state index contributed by atoms with van der Waals surface area (Å²) in [5, 5.41) is 9.26. The van der Waals surface area contributed by atoms with Gasteiger partial charge in [0.05, 0.1) is 6.61 Å². The largest absolute Gasteiger partial charge is 0.491 e. The lowest BCUT2D eigenvalue weighted by Gasteiger charge is -2.13. The second kappa shape index (κ2) is 5.20. The second-order valence-electron chi connectivity index (χ2n) is 3.04. The van der Waals surface area contributed by atoms with Crippen molar-refractivity contribution < 1.29 is 9.84 Å². The molecule has 3 N–H and O–H groups in total. The van der Waals surface area contributed by atoms with E-state index >= 15 is 0 Å². The van der Waals surface area contributed by atoms with Gasteiger partial charge in [0.15, 0.2) is 0 Å². The Hall–Kier alpha value is -0.770. The molecule has 0 aliphatic carbocycles. The third-order valence-corrected chi connectivity index (χ3v) is 2.05. The summed E-state index contributed by atoms with van der Waals surface area (Å²) < 4.78 is 5.31. The van der Waals surface area contributed by atoms with Crippen molar-refractivity contribution in [2.75, 3.05) is 13.2 Å². The molecule has 0 radical (unpaired) electrons. The van der Waals surface area contributed by atoms with E-state index in [9.17, 15) is 0 Å². The predicted octanol–water partition coefficient (Wildman–Crippen LogP) is 1.73. The van der Waals surface area contributed by atoms with Crippen molar-refractivity contribution in [3.63, 3.8) is 0 Å². The van der Waals surface area contributed by atoms with Crippen molar-refractivity contribution in [3.8, 4) is 5.75 Å². The van der Waals surface area contributed by atoms with Crippen molar-refractivity contribution in [2.45, 2.75) is 13.0 Å². The van der Waals surface area contributed by atoms with Crippen LogP contribution in [0, 0.1) is 0 Å². The van der Waals surface area contributed by atoms with Crippen LogP contribution in [0.2, 0.25) is 5.02 Å². The van der Waals surface area contributed by atoms with Crippen molar-refractivity contribution in [3.05, 3.63) is 28.8 Å². The number of hydrogen-bond acceptors (Lipinski definition) is 3. The van der Waals surface area contributed by atoms with Gasteiger partial charge in [0.2, 0.25) is 0 Å². The van der Waals surface area contributed by atoms with Gasteiger partial charge in [-0.3, -0.25) is 0 Å². The molecule has 4 heteroatoms. The first-order valence-corrected chi connectivity index (χ1v) is 4.81. The molecule has 0 aliphatic heterocycles. The zero-order chi connectivity index (χ0) is 10.6. The summed E-state index contributed by atoms with van der Waals surface area (Å²) in [5.74, 6) is 0.679. The topological polar surface area (TPSA) is 55.5 Å². The number of aliphatic hydroxyl groups excluding tert-OH is 1. The summed E-state index contributed by atoms with van der Waals surface area (Å²) >= 11 is 5.83. The number of aliphatic hydroxyl groups is 1. The van der Waals surface area contributed by atoms with Crippen molar-refractivity contribution in [1.82, 2.24) is 0 Å². The van der Waals surface area contributed by atoms with Crippen LogP contribution in [0.4, 0.5) is 0 Å². The van der Waals surface area contributed by atoms with Gasteiger partial charge in [-0.2, -0.15) is 0 Å². The molecule has 0 fully saturated rings. The summed E-state index contributed by atoms with van der Waals surface area (Å²) in [6, 6.07) is 5.14. The van der Waals surface area contributed by atoms with Crippen molar-refractivity contribution >= 4 is 11.6 Å². The lowest BCUT2D eigenvalue weighted by molar-refractivity contribution is 0.200. The van der Waals surface area contributed by atoms with E-state index in [4.69, 9.17) is 27.2 Å². The Kier molecular flexibility index (Phi) is 4.20. The van der Waals surface area contributed by atoms with Gasteiger partial charge in [-0.15, -0.1) is 0 Å². The van der Waals surface area contributed by atoms with Crippen LogP contribution < -0.4 is 10.5 Å². The van der Waals surface area contributed by atoms with E-state index in [1.165, 1.54) is 0 Å². The molecule has 0 heterocycles. The zero-order valence-electron chi connectivity index (χ0n) is 8.03. The van der Waals surface area contributed by atoms with E-state index in [-0.39, 0.29) is 19.3 Å². The highest BCUT2D eigenvalue weighted by molar-refractivity contribution is 6.30. The molecule has 0 saturated heterocycles. The lowest BCUT2D eigenvalue weighted by Crippen LogP contribution is -2.09. The Morgan fingerprint density at radius 3 is 2.86 bits per heavy atom. The number of rotatable bonds is 4. The Morgan fingerprint density at radius 1 is 1.57 bits per heavy atom. The fraction of sp³-hybridized carbons (Fsp3) is 0.400. The smallest absolute Gasteiger partial charge is 0.124 e. The average Bonchev–Trinajstić information content (AvgIpc) is 2.15. The molecule has 1 unspecified atom stereocenters. The molecular weight excluding hydrogens is 202 g/mol. The van der Waals surface area contributed by atoms with Gasteiger partial charge >= 0.3 is 0 Å². The Labute approximate surface area is 88.4 Å². The molecular formula is C10H14ClNO2. The molecule has 1 aromatic rings. The Bertz CT molecular complexity index is 302. The number of nitrogens with two attached hydrogens (primary N) is 1. The third kappa shape index (κ3) is 2.87. The van der Waals surface area contributed by atoms with Crippen LogP contribution >= 0.6 is 11.6 Å². The van der Waals surface area contributed by atoms with Gasteiger partial charge < -0.3 is 15.6 Å². The van der Waals surface area contributed by atoms with Gasteiger partial charge in [-0.05, 0) is 25.1 Å². The molecule has 0 spiro atoms. The van der Waals surface area contributed by atoms with Crippen molar-refractivity contribution in [1.29, 1.82) is 0 Å². The van der Waals surface area contributed by atoms with Crippen LogP contribution in [0.25, 0.3) is 0 Å². The van der Waals surface area contributed by atoms with Gasteiger partial charge in [0.25, 0.3) is 0 Å². The minimum Gasteiger partial charge on any atom is -0.491 e. The molecule has 0 aromatic heterocycles. The molecule has 0 bridgehead atoms. The van der Waals surface area contributed by atoms with E-state index in [0.29, 0.717) is 10.8 Å². The van der Waals surface area contributed by atoms with Gasteiger partial charge in [-0.25, -0.2) is 0 Å². The van der Waals surface area contributed by atoms with E-state index in [1.807, 2.05) is 6.92 Å². The van der Waals surface area contributed by atoms with Crippen LogP contribution in [-0.2, 0) is 0 Å². The number of halogens is 1. The summed E-state index contributed by atoms with van der Waals surface area (Å²) in [7, 11) is 0. The summed E-state index contributed by atoms with van der Waals surface area (Å²) in [6.07, 6.45) is 0. The van der Waals surface area contributed by atoms with Crippen LogP contribution in [0.15, 0.2) is 18.2 Å². The summed E-state index contributed by atoms with van der Waals surface area (Å²) in [4.78, 5) is 0. The van der Waals surface area contributed by atoms with E-state index < -0.39 is 0 Å². The van der Waals surface area contributed by atoms with Crippen LogP contribution in [-0.4, -0.2) is 18.3 Å². The first-order chi connectivity index (χ1) is 6.65. The van der Waals surface area contributed by atoms with Gasteiger partial charge in [0.1, 0.15) is 12.4 Å². The lowest BCUT2D eigenvalue weighted by atomic mass is 10.1. The molecule has 0 saturated carbocycles. The van der Waals surface area contributed by atoms with Crippen LogP contribution in [0.3, 0.4) is 0 Å². The molecule has 1 atom stereocenters. The Balaban J connectivity index is 2.90. The fourth-order valence-electron chi connectivity index (χ4n) is 1.16. The highest BCUT2D eigenvalue weighted by Gasteiger charge is 2.08. The van der Waals surface area contributed by atoms with E-state index in [0.717, 1.165) is 5.56 Å². The Morgan fingerprint density at radius 2 is 2.29 bits per heavy atom. The molecule has 3 nitrogen and oxygen atoms in total. The quantitative estimate of drug-likeness (QED) is 0.805. The average molecular weight is 216 g/mol. The SMILES string of the molecule is CC(N)c1cc(Cl)ccc1OCCO.